The van der Waals surface area contributed by atoms with Crippen LogP contribution in [0.4, 0.5) is 5.69 Å². The Balaban J connectivity index is 1.97. The molecule has 0 amide bonds. The zero-order valence-electron chi connectivity index (χ0n) is 12.1. The minimum Gasteiger partial charge on any atom is -0.382 e. The van der Waals surface area contributed by atoms with Crippen molar-refractivity contribution in [1.82, 2.24) is 19.9 Å². The van der Waals surface area contributed by atoms with Crippen molar-refractivity contribution < 1.29 is 4.52 Å². The van der Waals surface area contributed by atoms with E-state index in [9.17, 15) is 4.79 Å². The summed E-state index contributed by atoms with van der Waals surface area (Å²) >= 11 is 3.33. The van der Waals surface area contributed by atoms with Gasteiger partial charge in [-0.3, -0.25) is 4.79 Å². The van der Waals surface area contributed by atoms with E-state index in [0.717, 1.165) is 12.8 Å². The van der Waals surface area contributed by atoms with E-state index in [2.05, 4.69) is 43.4 Å². The molecule has 0 fully saturated rings. The maximum atomic E-state index is 12.1. The number of nitrogens with zero attached hydrogens (tertiary/aromatic N) is 4. The standard InChI is InChI=1S/C13H18BrN5O2/c1-3-4-7-19-13(20)12(14)10(8-16-19)15-6-5-11-17-9(2)18-21-11/h8,15H,3-7H2,1-2H3. The third-order valence-corrected chi connectivity index (χ3v) is 3.70. The summed E-state index contributed by atoms with van der Waals surface area (Å²) in [5.41, 5.74) is 0.547. The number of rotatable bonds is 7. The van der Waals surface area contributed by atoms with Crippen LogP contribution >= 0.6 is 15.9 Å². The highest BCUT2D eigenvalue weighted by atomic mass is 79.9. The maximum Gasteiger partial charge on any atom is 0.283 e. The summed E-state index contributed by atoms with van der Waals surface area (Å²) in [6.45, 7) is 5.07. The summed E-state index contributed by atoms with van der Waals surface area (Å²) < 4.78 is 6.99. The van der Waals surface area contributed by atoms with E-state index in [1.165, 1.54) is 4.68 Å². The van der Waals surface area contributed by atoms with Crippen LogP contribution in [0.3, 0.4) is 0 Å². The average Bonchev–Trinajstić information content (AvgIpc) is 2.88. The highest BCUT2D eigenvalue weighted by Crippen LogP contribution is 2.16. The van der Waals surface area contributed by atoms with E-state index in [0.29, 0.717) is 41.4 Å². The average molecular weight is 356 g/mol. The van der Waals surface area contributed by atoms with Crippen molar-refractivity contribution in [1.29, 1.82) is 0 Å². The lowest BCUT2D eigenvalue weighted by atomic mass is 10.3. The second-order valence-corrected chi connectivity index (χ2v) is 5.46. The number of aromatic nitrogens is 4. The molecule has 0 atom stereocenters. The molecule has 2 aromatic heterocycles. The molecule has 0 spiro atoms. The van der Waals surface area contributed by atoms with Crippen LogP contribution in [0, 0.1) is 6.92 Å². The molecule has 1 N–H and O–H groups in total. The second kappa shape index (κ2) is 7.35. The monoisotopic (exact) mass is 355 g/mol. The van der Waals surface area contributed by atoms with Gasteiger partial charge in [-0.15, -0.1) is 0 Å². The van der Waals surface area contributed by atoms with Crippen LogP contribution in [0.25, 0.3) is 0 Å². The molecule has 0 bridgehead atoms. The van der Waals surface area contributed by atoms with Crippen molar-refractivity contribution in [2.45, 2.75) is 39.7 Å². The van der Waals surface area contributed by atoms with Crippen molar-refractivity contribution in [3.8, 4) is 0 Å². The number of aryl methyl sites for hydroxylation is 2. The predicted octanol–water partition coefficient (Wildman–Crippen LogP) is 2.15. The molecule has 0 saturated heterocycles. The first-order valence-corrected chi connectivity index (χ1v) is 7.69. The molecule has 0 aliphatic rings. The van der Waals surface area contributed by atoms with Crippen LogP contribution in [0.5, 0.6) is 0 Å². The molecule has 0 aliphatic carbocycles. The zero-order chi connectivity index (χ0) is 15.2. The topological polar surface area (TPSA) is 85.8 Å². The molecule has 2 heterocycles. The van der Waals surface area contributed by atoms with Gasteiger partial charge in [0.1, 0.15) is 4.47 Å². The summed E-state index contributed by atoms with van der Waals surface area (Å²) in [4.78, 5) is 16.2. The van der Waals surface area contributed by atoms with Gasteiger partial charge in [0.15, 0.2) is 5.82 Å². The van der Waals surface area contributed by atoms with Crippen molar-refractivity contribution in [2.24, 2.45) is 0 Å². The lowest BCUT2D eigenvalue weighted by Crippen LogP contribution is -2.24. The van der Waals surface area contributed by atoms with Crippen LogP contribution < -0.4 is 10.9 Å². The van der Waals surface area contributed by atoms with Gasteiger partial charge in [0, 0.05) is 19.5 Å². The van der Waals surface area contributed by atoms with E-state index in [-0.39, 0.29) is 5.56 Å². The SMILES string of the molecule is CCCCn1ncc(NCCc2nc(C)no2)c(Br)c1=O. The molecule has 0 radical (unpaired) electrons. The summed E-state index contributed by atoms with van der Waals surface area (Å²) in [7, 11) is 0. The Hall–Kier alpha value is -1.70. The molecule has 7 nitrogen and oxygen atoms in total. The van der Waals surface area contributed by atoms with E-state index < -0.39 is 0 Å². The normalized spacial score (nSPS) is 10.8. The van der Waals surface area contributed by atoms with Crippen molar-refractivity contribution in [3.63, 3.8) is 0 Å². The van der Waals surface area contributed by atoms with Gasteiger partial charge in [-0.05, 0) is 29.3 Å². The molecular formula is C13H18BrN5O2. The van der Waals surface area contributed by atoms with E-state index in [1.54, 1.807) is 13.1 Å². The molecule has 21 heavy (non-hydrogen) atoms. The number of nitrogens with one attached hydrogen (secondary N) is 1. The number of unbranched alkanes of at least 4 members (excludes halogenated alkanes) is 1. The molecule has 2 aromatic rings. The lowest BCUT2D eigenvalue weighted by Gasteiger charge is -2.09. The molecule has 114 valence electrons. The van der Waals surface area contributed by atoms with E-state index in [4.69, 9.17) is 4.52 Å². The summed E-state index contributed by atoms with van der Waals surface area (Å²) in [6, 6.07) is 0. The fraction of sp³-hybridized carbons (Fsp3) is 0.538. The molecular weight excluding hydrogens is 338 g/mol. The second-order valence-electron chi connectivity index (χ2n) is 4.67. The van der Waals surface area contributed by atoms with Gasteiger partial charge in [0.25, 0.3) is 5.56 Å². The number of anilines is 1. The highest BCUT2D eigenvalue weighted by Gasteiger charge is 2.09. The van der Waals surface area contributed by atoms with Crippen molar-refractivity contribution >= 4 is 21.6 Å². The van der Waals surface area contributed by atoms with Crippen LogP contribution in [-0.4, -0.2) is 26.5 Å². The number of halogens is 1. The summed E-state index contributed by atoms with van der Waals surface area (Å²) in [5, 5.41) is 11.0. The predicted molar refractivity (Wildman–Crippen MR) is 82.3 cm³/mol. The van der Waals surface area contributed by atoms with Crippen LogP contribution in [0.15, 0.2) is 20.0 Å². The highest BCUT2D eigenvalue weighted by molar-refractivity contribution is 9.10. The van der Waals surface area contributed by atoms with Crippen LogP contribution in [0.2, 0.25) is 0 Å². The van der Waals surface area contributed by atoms with Crippen LogP contribution in [-0.2, 0) is 13.0 Å². The first kappa shape index (κ1) is 15.7. The Morgan fingerprint density at radius 3 is 2.95 bits per heavy atom. The molecule has 0 aliphatic heterocycles. The lowest BCUT2D eigenvalue weighted by molar-refractivity contribution is 0.377. The fourth-order valence-electron chi connectivity index (χ4n) is 1.80. The Kier molecular flexibility index (Phi) is 5.49. The molecule has 0 aromatic carbocycles. The first-order chi connectivity index (χ1) is 10.1. The smallest absolute Gasteiger partial charge is 0.283 e. The van der Waals surface area contributed by atoms with Gasteiger partial charge >= 0.3 is 0 Å². The summed E-state index contributed by atoms with van der Waals surface area (Å²) in [5.74, 6) is 1.19. The van der Waals surface area contributed by atoms with Crippen molar-refractivity contribution in [2.75, 3.05) is 11.9 Å². The van der Waals surface area contributed by atoms with Gasteiger partial charge in [0.05, 0.1) is 11.9 Å². The first-order valence-electron chi connectivity index (χ1n) is 6.90. The molecule has 0 saturated carbocycles. The van der Waals surface area contributed by atoms with Gasteiger partial charge in [-0.2, -0.15) is 10.1 Å². The zero-order valence-corrected chi connectivity index (χ0v) is 13.7. The quantitative estimate of drug-likeness (QED) is 0.818. The maximum absolute atomic E-state index is 12.1. The van der Waals surface area contributed by atoms with Gasteiger partial charge in [0.2, 0.25) is 5.89 Å². The number of hydrogen-bond donors (Lipinski definition) is 1. The third-order valence-electron chi connectivity index (χ3n) is 2.93. The number of hydrogen-bond acceptors (Lipinski definition) is 6. The Bertz CT molecular complexity index is 652. The Labute approximate surface area is 130 Å². The Morgan fingerprint density at radius 1 is 1.48 bits per heavy atom. The van der Waals surface area contributed by atoms with E-state index >= 15 is 0 Å². The van der Waals surface area contributed by atoms with Crippen LogP contribution in [0.1, 0.15) is 31.5 Å². The van der Waals surface area contributed by atoms with Gasteiger partial charge in [-0.1, -0.05) is 18.5 Å². The largest absolute Gasteiger partial charge is 0.382 e. The van der Waals surface area contributed by atoms with Gasteiger partial charge in [-0.25, -0.2) is 4.68 Å². The van der Waals surface area contributed by atoms with Crippen molar-refractivity contribution in [3.05, 3.63) is 32.7 Å². The Morgan fingerprint density at radius 2 is 2.29 bits per heavy atom. The van der Waals surface area contributed by atoms with Gasteiger partial charge < -0.3 is 9.84 Å². The van der Waals surface area contributed by atoms with E-state index in [1.807, 2.05) is 0 Å². The molecule has 2 rings (SSSR count). The minimum absolute atomic E-state index is 0.123. The molecule has 8 heteroatoms. The minimum atomic E-state index is -0.123. The summed E-state index contributed by atoms with van der Waals surface area (Å²) in [6.07, 6.45) is 4.20. The fourth-order valence-corrected chi connectivity index (χ4v) is 2.25. The third kappa shape index (κ3) is 4.13. The molecule has 0 unspecified atom stereocenters.